The molecule has 0 spiro atoms. The van der Waals surface area contributed by atoms with Gasteiger partial charge in [-0.05, 0) is 35.2 Å². The summed E-state index contributed by atoms with van der Waals surface area (Å²) in [7, 11) is -4.00. The molecular weight excluding hydrogens is 412 g/mol. The van der Waals surface area contributed by atoms with E-state index >= 15 is 0 Å². The first kappa shape index (κ1) is 20.5. The number of urea groups is 1. The maximum atomic E-state index is 13.1. The second kappa shape index (κ2) is 8.95. The molecule has 0 unspecified atom stereocenters. The molecule has 1 aromatic heterocycles. The molecule has 3 aromatic carbocycles. The van der Waals surface area contributed by atoms with E-state index < -0.39 is 16.1 Å². The predicted molar refractivity (Wildman–Crippen MR) is 120 cm³/mol. The van der Waals surface area contributed by atoms with Gasteiger partial charge in [0.15, 0.2) is 0 Å². The number of fused-ring (bicyclic) bond motifs is 1. The smallest absolute Gasteiger partial charge is 0.332 e. The fraction of sp³-hybridized carbons (Fsp3) is 0.0435. The molecular formula is C23H20N4O3S. The number of carbonyl (C=O) groups excluding carboxylic acids is 1. The predicted octanol–water partition coefficient (Wildman–Crippen LogP) is 3.84. The third kappa shape index (κ3) is 4.71. The lowest BCUT2D eigenvalue weighted by Gasteiger charge is -2.25. The van der Waals surface area contributed by atoms with Gasteiger partial charge >= 0.3 is 6.03 Å². The molecule has 0 bridgehead atoms. The molecule has 0 fully saturated rings. The zero-order chi connectivity index (χ0) is 21.7. The van der Waals surface area contributed by atoms with E-state index in [1.165, 1.54) is 12.1 Å². The van der Waals surface area contributed by atoms with Gasteiger partial charge in [-0.15, -0.1) is 4.83 Å². The topological polar surface area (TPSA) is 91.4 Å². The summed E-state index contributed by atoms with van der Waals surface area (Å²) in [6.45, 7) is 0.195. The van der Waals surface area contributed by atoms with Gasteiger partial charge in [-0.1, -0.05) is 60.7 Å². The number of hydrogen-bond donors (Lipinski definition) is 2. The largest absolute Gasteiger partial charge is 0.337 e. The van der Waals surface area contributed by atoms with Crippen LogP contribution in [-0.4, -0.2) is 19.4 Å². The summed E-state index contributed by atoms with van der Waals surface area (Å²) in [6.07, 6.45) is 3.28. The number of pyridine rings is 1. The van der Waals surface area contributed by atoms with Gasteiger partial charge in [0, 0.05) is 24.3 Å². The summed E-state index contributed by atoms with van der Waals surface area (Å²) in [5.74, 6) is 0. The highest BCUT2D eigenvalue weighted by Gasteiger charge is 2.25. The van der Waals surface area contributed by atoms with Gasteiger partial charge in [0.1, 0.15) is 0 Å². The molecule has 31 heavy (non-hydrogen) atoms. The van der Waals surface area contributed by atoms with Crippen LogP contribution in [0.25, 0.3) is 10.8 Å². The summed E-state index contributed by atoms with van der Waals surface area (Å²) in [6, 6.07) is 23.7. The third-order valence-corrected chi connectivity index (χ3v) is 5.96. The molecule has 2 amide bonds. The van der Waals surface area contributed by atoms with E-state index in [-0.39, 0.29) is 11.4 Å². The van der Waals surface area contributed by atoms with E-state index in [0.29, 0.717) is 5.69 Å². The van der Waals surface area contributed by atoms with E-state index in [1.807, 2.05) is 36.4 Å². The maximum absolute atomic E-state index is 13.1. The summed E-state index contributed by atoms with van der Waals surface area (Å²) >= 11 is 0. The first-order valence-corrected chi connectivity index (χ1v) is 11.0. The van der Waals surface area contributed by atoms with Crippen molar-refractivity contribution in [2.24, 2.45) is 0 Å². The lowest BCUT2D eigenvalue weighted by molar-refractivity contribution is 0.245. The number of amides is 2. The van der Waals surface area contributed by atoms with Crippen molar-refractivity contribution < 1.29 is 13.2 Å². The van der Waals surface area contributed by atoms with Crippen molar-refractivity contribution in [1.29, 1.82) is 0 Å². The normalized spacial score (nSPS) is 11.2. The maximum Gasteiger partial charge on any atom is 0.337 e. The zero-order valence-electron chi connectivity index (χ0n) is 16.5. The van der Waals surface area contributed by atoms with Crippen LogP contribution in [0.1, 0.15) is 5.56 Å². The molecule has 156 valence electrons. The quantitative estimate of drug-likeness (QED) is 0.453. The van der Waals surface area contributed by atoms with Crippen molar-refractivity contribution in [3.8, 4) is 0 Å². The van der Waals surface area contributed by atoms with Crippen LogP contribution >= 0.6 is 0 Å². The van der Waals surface area contributed by atoms with Crippen molar-refractivity contribution in [3.05, 3.63) is 103 Å². The standard InChI is InChI=1S/C23H20N4O3S/c28-23(25-17-18-8-7-15-24-16-18)27(26-31(29,30)20-11-2-1-3-12-20)22-14-6-10-19-9-4-5-13-21(19)22/h1-16,26H,17H2,(H,25,28). The van der Waals surface area contributed by atoms with Crippen LogP contribution in [0.2, 0.25) is 0 Å². The SMILES string of the molecule is O=C(NCc1cccnc1)N(NS(=O)(=O)c1ccccc1)c1cccc2ccccc12. The van der Waals surface area contributed by atoms with Crippen LogP contribution in [0.3, 0.4) is 0 Å². The molecule has 1 heterocycles. The fourth-order valence-corrected chi connectivity index (χ4v) is 4.18. The summed E-state index contributed by atoms with van der Waals surface area (Å²) < 4.78 is 26.0. The van der Waals surface area contributed by atoms with E-state index in [4.69, 9.17) is 0 Å². The molecule has 2 N–H and O–H groups in total. The Balaban J connectivity index is 1.70. The van der Waals surface area contributed by atoms with Gasteiger partial charge in [0.05, 0.1) is 10.6 Å². The monoisotopic (exact) mass is 432 g/mol. The van der Waals surface area contributed by atoms with E-state index in [1.54, 1.807) is 48.8 Å². The minimum atomic E-state index is -4.00. The number of rotatable bonds is 6. The van der Waals surface area contributed by atoms with Crippen LogP contribution in [0.4, 0.5) is 10.5 Å². The molecule has 0 aliphatic rings. The highest BCUT2D eigenvalue weighted by molar-refractivity contribution is 7.89. The first-order valence-electron chi connectivity index (χ1n) is 9.57. The Hall–Kier alpha value is -3.75. The summed E-state index contributed by atoms with van der Waals surface area (Å²) in [4.78, 5) is 19.7. The molecule has 4 aromatic rings. The average molecular weight is 433 g/mol. The first-order chi connectivity index (χ1) is 15.0. The Kier molecular flexibility index (Phi) is 5.92. The second-order valence-corrected chi connectivity index (χ2v) is 8.42. The number of hydrogen-bond acceptors (Lipinski definition) is 4. The number of sulfonamides is 1. The summed E-state index contributed by atoms with van der Waals surface area (Å²) in [5, 5.41) is 5.40. The molecule has 7 nitrogen and oxygen atoms in total. The van der Waals surface area contributed by atoms with E-state index in [0.717, 1.165) is 21.3 Å². The minimum Gasteiger partial charge on any atom is -0.332 e. The van der Waals surface area contributed by atoms with Gasteiger partial charge < -0.3 is 5.32 Å². The molecule has 0 saturated heterocycles. The van der Waals surface area contributed by atoms with Crippen LogP contribution in [-0.2, 0) is 16.6 Å². The second-order valence-electron chi connectivity index (χ2n) is 6.76. The van der Waals surface area contributed by atoms with Crippen LogP contribution in [0.15, 0.2) is 102 Å². The van der Waals surface area contributed by atoms with Crippen LogP contribution < -0.4 is 15.2 Å². The van der Waals surface area contributed by atoms with Crippen molar-refractivity contribution in [2.75, 3.05) is 5.01 Å². The Labute approximate surface area is 180 Å². The summed E-state index contributed by atoms with van der Waals surface area (Å²) in [5.41, 5.74) is 1.21. The Morgan fingerprint density at radius 3 is 2.39 bits per heavy atom. The van der Waals surface area contributed by atoms with Gasteiger partial charge in [-0.2, -0.15) is 0 Å². The van der Waals surface area contributed by atoms with E-state index in [9.17, 15) is 13.2 Å². The lowest BCUT2D eigenvalue weighted by Crippen LogP contribution is -2.50. The highest BCUT2D eigenvalue weighted by atomic mass is 32.2. The van der Waals surface area contributed by atoms with Crippen molar-refractivity contribution in [3.63, 3.8) is 0 Å². The van der Waals surface area contributed by atoms with Gasteiger partial charge in [-0.25, -0.2) is 18.2 Å². The number of carbonyl (C=O) groups is 1. The van der Waals surface area contributed by atoms with Crippen molar-refractivity contribution in [2.45, 2.75) is 11.4 Å². The van der Waals surface area contributed by atoms with Crippen molar-refractivity contribution in [1.82, 2.24) is 15.1 Å². The van der Waals surface area contributed by atoms with Gasteiger partial charge in [0.25, 0.3) is 10.0 Å². The number of nitrogens with one attached hydrogen (secondary N) is 2. The van der Waals surface area contributed by atoms with Crippen molar-refractivity contribution >= 4 is 32.5 Å². The number of aromatic nitrogens is 1. The highest BCUT2D eigenvalue weighted by Crippen LogP contribution is 2.26. The Bertz CT molecular complexity index is 1290. The van der Waals surface area contributed by atoms with Crippen LogP contribution in [0, 0.1) is 0 Å². The molecule has 0 atom stereocenters. The lowest BCUT2D eigenvalue weighted by atomic mass is 10.1. The van der Waals surface area contributed by atoms with E-state index in [2.05, 4.69) is 15.1 Å². The number of benzene rings is 3. The van der Waals surface area contributed by atoms with Crippen LogP contribution in [0.5, 0.6) is 0 Å². The zero-order valence-corrected chi connectivity index (χ0v) is 17.3. The average Bonchev–Trinajstić information content (AvgIpc) is 2.82. The fourth-order valence-electron chi connectivity index (χ4n) is 3.14. The molecule has 0 aliphatic heterocycles. The molecule has 0 saturated carbocycles. The Morgan fingerprint density at radius 1 is 0.871 bits per heavy atom. The number of nitrogens with zero attached hydrogens (tertiary/aromatic N) is 2. The number of anilines is 1. The van der Waals surface area contributed by atoms with Gasteiger partial charge in [0.2, 0.25) is 0 Å². The number of hydrazine groups is 1. The molecule has 0 radical (unpaired) electrons. The molecule has 4 rings (SSSR count). The van der Waals surface area contributed by atoms with Gasteiger partial charge in [-0.3, -0.25) is 4.98 Å². The Morgan fingerprint density at radius 2 is 1.61 bits per heavy atom. The molecule has 8 heteroatoms. The third-order valence-electron chi connectivity index (χ3n) is 4.64. The molecule has 0 aliphatic carbocycles. The minimum absolute atomic E-state index is 0.0558.